The maximum Gasteiger partial charge on any atom is 0.291 e. The number of hydrogen-bond acceptors (Lipinski definition) is 4. The van der Waals surface area contributed by atoms with Gasteiger partial charge in [0.05, 0.1) is 16.6 Å². The van der Waals surface area contributed by atoms with E-state index in [9.17, 15) is 14.4 Å². The van der Waals surface area contributed by atoms with Crippen LogP contribution in [0.5, 0.6) is 0 Å². The van der Waals surface area contributed by atoms with E-state index in [1.165, 1.54) is 11.0 Å². The van der Waals surface area contributed by atoms with Crippen LogP contribution in [0.25, 0.3) is 11.0 Å². The van der Waals surface area contributed by atoms with Crippen molar-refractivity contribution in [1.29, 1.82) is 0 Å². The van der Waals surface area contributed by atoms with Crippen molar-refractivity contribution < 1.29 is 14.0 Å². The van der Waals surface area contributed by atoms with Crippen molar-refractivity contribution in [2.24, 2.45) is 0 Å². The molecule has 2 aliphatic heterocycles. The van der Waals surface area contributed by atoms with Crippen LogP contribution in [-0.4, -0.2) is 29.8 Å². The van der Waals surface area contributed by atoms with Gasteiger partial charge in [-0.2, -0.15) is 0 Å². The van der Waals surface area contributed by atoms with E-state index in [4.69, 9.17) is 16.0 Å². The Balaban J connectivity index is 1.92. The van der Waals surface area contributed by atoms with Crippen molar-refractivity contribution in [2.75, 3.05) is 18.0 Å². The van der Waals surface area contributed by atoms with E-state index < -0.39 is 16.9 Å². The SMILES string of the molecule is CCCCN1C(=O)c2oc3ccc(Cl)cc3c(=O)c2[C@@]12C(=O)N(CC)c1ccccc12. The molecule has 0 N–H and O–H groups in total. The lowest BCUT2D eigenvalue weighted by Crippen LogP contribution is -2.53. The summed E-state index contributed by atoms with van der Waals surface area (Å²) in [7, 11) is 0. The van der Waals surface area contributed by atoms with Crippen LogP contribution in [0.3, 0.4) is 0 Å². The summed E-state index contributed by atoms with van der Waals surface area (Å²) in [4.78, 5) is 44.5. The minimum absolute atomic E-state index is 0.0583. The molecule has 158 valence electrons. The fourth-order valence-corrected chi connectivity index (χ4v) is 5.07. The van der Waals surface area contributed by atoms with E-state index in [-0.39, 0.29) is 28.2 Å². The quantitative estimate of drug-likeness (QED) is 0.611. The number of likely N-dealkylation sites (N-methyl/N-ethyl adjacent to an activating group) is 1. The van der Waals surface area contributed by atoms with Gasteiger partial charge >= 0.3 is 0 Å². The molecule has 5 rings (SSSR count). The molecule has 0 saturated carbocycles. The molecule has 3 aromatic rings. The summed E-state index contributed by atoms with van der Waals surface area (Å²) in [6, 6.07) is 12.1. The Morgan fingerprint density at radius 3 is 2.58 bits per heavy atom. The monoisotopic (exact) mass is 436 g/mol. The third kappa shape index (κ3) is 2.42. The summed E-state index contributed by atoms with van der Waals surface area (Å²) in [5, 5.41) is 0.644. The van der Waals surface area contributed by atoms with Crippen LogP contribution in [0.2, 0.25) is 5.02 Å². The first kappa shape index (κ1) is 19.8. The highest BCUT2D eigenvalue weighted by Gasteiger charge is 2.64. The van der Waals surface area contributed by atoms with Crippen LogP contribution in [0.15, 0.2) is 51.7 Å². The Morgan fingerprint density at radius 2 is 1.84 bits per heavy atom. The number of benzene rings is 2. The smallest absolute Gasteiger partial charge is 0.291 e. The highest BCUT2D eigenvalue weighted by atomic mass is 35.5. The Hall–Kier alpha value is -3.12. The second-order valence-electron chi connectivity index (χ2n) is 7.86. The van der Waals surface area contributed by atoms with Crippen LogP contribution in [-0.2, 0) is 10.3 Å². The second-order valence-corrected chi connectivity index (χ2v) is 8.30. The first-order valence-corrected chi connectivity index (χ1v) is 10.8. The molecule has 0 saturated heterocycles. The number of para-hydroxylation sites is 1. The van der Waals surface area contributed by atoms with E-state index >= 15 is 0 Å². The fourth-order valence-electron chi connectivity index (χ4n) is 4.89. The summed E-state index contributed by atoms with van der Waals surface area (Å²) < 4.78 is 5.96. The summed E-state index contributed by atoms with van der Waals surface area (Å²) in [6.45, 7) is 4.66. The van der Waals surface area contributed by atoms with Crippen molar-refractivity contribution in [2.45, 2.75) is 32.2 Å². The van der Waals surface area contributed by atoms with Crippen molar-refractivity contribution in [3.63, 3.8) is 0 Å². The Kier molecular flexibility index (Phi) is 4.45. The molecular weight excluding hydrogens is 416 g/mol. The zero-order valence-electron chi connectivity index (χ0n) is 17.3. The third-order valence-corrected chi connectivity index (χ3v) is 6.48. The molecule has 0 bridgehead atoms. The van der Waals surface area contributed by atoms with Crippen molar-refractivity contribution in [3.05, 3.63) is 74.6 Å². The lowest BCUT2D eigenvalue weighted by molar-refractivity contribution is -0.126. The van der Waals surface area contributed by atoms with Gasteiger partial charge in [0.1, 0.15) is 5.58 Å². The normalized spacial score (nSPS) is 19.6. The predicted octanol–water partition coefficient (Wildman–Crippen LogP) is 4.31. The van der Waals surface area contributed by atoms with Gasteiger partial charge in [0, 0.05) is 23.7 Å². The van der Waals surface area contributed by atoms with E-state index in [1.54, 1.807) is 17.0 Å². The predicted molar refractivity (Wildman–Crippen MR) is 119 cm³/mol. The lowest BCUT2D eigenvalue weighted by atomic mass is 9.84. The number of hydrogen-bond donors (Lipinski definition) is 0. The molecule has 7 heteroatoms. The van der Waals surface area contributed by atoms with Crippen molar-refractivity contribution in [3.8, 4) is 0 Å². The number of carbonyl (C=O) groups is 2. The molecule has 31 heavy (non-hydrogen) atoms. The molecule has 1 spiro atoms. The van der Waals surface area contributed by atoms with Gasteiger partial charge in [-0.1, -0.05) is 43.1 Å². The van der Waals surface area contributed by atoms with E-state index in [1.807, 2.05) is 38.1 Å². The summed E-state index contributed by atoms with van der Waals surface area (Å²) in [6.07, 6.45) is 1.53. The standard InChI is InChI=1S/C24H21ClN2O4/c1-3-5-12-27-22(29)21-19(20(28)15-13-14(25)10-11-18(15)31-21)24(27)16-8-6-7-9-17(16)26(4-2)23(24)30/h6-11,13H,3-5,12H2,1-2H3/t24-/m0/s1. The maximum atomic E-state index is 14.0. The molecule has 0 unspecified atom stereocenters. The molecule has 6 nitrogen and oxygen atoms in total. The number of rotatable bonds is 4. The maximum absolute atomic E-state index is 14.0. The van der Waals surface area contributed by atoms with Crippen LogP contribution < -0.4 is 10.3 Å². The first-order valence-electron chi connectivity index (χ1n) is 10.5. The Morgan fingerprint density at radius 1 is 1.06 bits per heavy atom. The molecule has 0 fully saturated rings. The van der Waals surface area contributed by atoms with Gasteiger partial charge in [-0.15, -0.1) is 0 Å². The fraction of sp³-hybridized carbons (Fsp3) is 0.292. The largest absolute Gasteiger partial charge is 0.450 e. The molecule has 2 aromatic carbocycles. The Bertz CT molecular complexity index is 1310. The molecule has 0 aliphatic carbocycles. The van der Waals surface area contributed by atoms with E-state index in [2.05, 4.69) is 0 Å². The summed E-state index contributed by atoms with van der Waals surface area (Å²) >= 11 is 6.14. The number of anilines is 1. The molecular formula is C24H21ClN2O4. The zero-order valence-corrected chi connectivity index (χ0v) is 18.0. The van der Waals surface area contributed by atoms with Gasteiger partial charge in [0.15, 0.2) is 11.0 Å². The zero-order chi connectivity index (χ0) is 21.9. The summed E-state index contributed by atoms with van der Waals surface area (Å²) in [5.41, 5.74) is -0.198. The van der Waals surface area contributed by atoms with Gasteiger partial charge in [-0.3, -0.25) is 14.4 Å². The minimum Gasteiger partial charge on any atom is -0.450 e. The third-order valence-electron chi connectivity index (χ3n) is 6.25. The van der Waals surface area contributed by atoms with Gasteiger partial charge in [-0.05, 0) is 37.6 Å². The Labute approximate surface area is 184 Å². The molecule has 1 atom stereocenters. The molecule has 1 aromatic heterocycles. The van der Waals surface area contributed by atoms with Crippen LogP contribution in [0.1, 0.15) is 48.4 Å². The average Bonchev–Trinajstić information content (AvgIpc) is 3.17. The molecule has 3 heterocycles. The number of fused-ring (bicyclic) bond motifs is 5. The van der Waals surface area contributed by atoms with Gasteiger partial charge < -0.3 is 14.2 Å². The molecule has 2 amide bonds. The van der Waals surface area contributed by atoms with E-state index in [0.29, 0.717) is 35.8 Å². The minimum atomic E-state index is -1.52. The highest BCUT2D eigenvalue weighted by molar-refractivity contribution is 6.31. The van der Waals surface area contributed by atoms with Gasteiger partial charge in [0.2, 0.25) is 5.76 Å². The average molecular weight is 437 g/mol. The summed E-state index contributed by atoms with van der Waals surface area (Å²) in [5.74, 6) is -0.788. The number of carbonyl (C=O) groups excluding carboxylic acids is 2. The van der Waals surface area contributed by atoms with Crippen molar-refractivity contribution in [1.82, 2.24) is 4.90 Å². The number of nitrogens with zero attached hydrogens (tertiary/aromatic N) is 2. The van der Waals surface area contributed by atoms with Crippen molar-refractivity contribution >= 4 is 40.1 Å². The lowest BCUT2D eigenvalue weighted by Gasteiger charge is -2.34. The number of halogens is 1. The van der Waals surface area contributed by atoms with Crippen LogP contribution in [0, 0.1) is 0 Å². The number of unbranched alkanes of at least 4 members (excludes halogenated alkanes) is 1. The van der Waals surface area contributed by atoms with E-state index in [0.717, 1.165) is 6.42 Å². The number of amides is 2. The first-order chi connectivity index (χ1) is 15.0. The topological polar surface area (TPSA) is 70.8 Å². The highest BCUT2D eigenvalue weighted by Crippen LogP contribution is 2.52. The molecule has 2 aliphatic rings. The van der Waals surface area contributed by atoms with Gasteiger partial charge in [-0.25, -0.2) is 0 Å². The molecule has 0 radical (unpaired) electrons. The second kappa shape index (κ2) is 6.95. The van der Waals surface area contributed by atoms with Crippen LogP contribution >= 0.6 is 11.6 Å². The van der Waals surface area contributed by atoms with Gasteiger partial charge in [0.25, 0.3) is 11.8 Å². The van der Waals surface area contributed by atoms with Crippen LogP contribution in [0.4, 0.5) is 5.69 Å².